The van der Waals surface area contributed by atoms with Crippen molar-refractivity contribution in [3.63, 3.8) is 0 Å². The average molecular weight is 295 g/mol. The van der Waals surface area contributed by atoms with Crippen molar-refractivity contribution < 1.29 is 4.79 Å². The fourth-order valence-corrected chi connectivity index (χ4v) is 1.62. The van der Waals surface area contributed by atoms with Crippen LogP contribution in [0.15, 0.2) is 34.9 Å². The molecule has 6 heteroatoms. The second-order valence-electron chi connectivity index (χ2n) is 3.53. The molecule has 5 nitrogen and oxygen atoms in total. The van der Waals surface area contributed by atoms with E-state index in [0.717, 1.165) is 4.47 Å². The molecule has 1 amide bonds. The summed E-state index contributed by atoms with van der Waals surface area (Å²) in [6, 6.07) is 6.79. The maximum Gasteiger partial charge on any atom is 0.256 e. The molecule has 0 saturated heterocycles. The molecule has 1 heterocycles. The highest BCUT2D eigenvalue weighted by molar-refractivity contribution is 9.10. The van der Waals surface area contributed by atoms with E-state index in [1.807, 2.05) is 0 Å². The third-order valence-electron chi connectivity index (χ3n) is 2.32. The molecule has 0 aliphatic carbocycles. The minimum absolute atomic E-state index is 0.215. The number of carbonyl (C=O) groups is 1. The molecule has 2 aromatic rings. The summed E-state index contributed by atoms with van der Waals surface area (Å²) < 4.78 is 2.36. The Labute approximate surface area is 107 Å². The van der Waals surface area contributed by atoms with Crippen molar-refractivity contribution in [2.75, 3.05) is 11.1 Å². The Kier molecular flexibility index (Phi) is 3.14. The van der Waals surface area contributed by atoms with Crippen molar-refractivity contribution in [2.24, 2.45) is 7.05 Å². The van der Waals surface area contributed by atoms with Gasteiger partial charge in [0.25, 0.3) is 5.91 Å². The number of aryl methyl sites for hydroxylation is 1. The lowest BCUT2D eigenvalue weighted by Gasteiger charge is -2.06. The standard InChI is InChI=1S/C11H11BrN4O/c1-16-10(4-5-14-16)15-11(17)7-2-3-8(12)9(13)6-7/h2-6H,13H2,1H3,(H,15,17). The molecule has 0 spiro atoms. The minimum atomic E-state index is -0.215. The summed E-state index contributed by atoms with van der Waals surface area (Å²) in [5, 5.41) is 6.71. The van der Waals surface area contributed by atoms with Gasteiger partial charge >= 0.3 is 0 Å². The lowest BCUT2D eigenvalue weighted by molar-refractivity contribution is 0.102. The number of aromatic nitrogens is 2. The zero-order valence-corrected chi connectivity index (χ0v) is 10.7. The Morgan fingerprint density at radius 3 is 2.82 bits per heavy atom. The second kappa shape index (κ2) is 4.58. The first kappa shape index (κ1) is 11.7. The van der Waals surface area contributed by atoms with Gasteiger partial charge in [0, 0.05) is 28.8 Å². The molecule has 0 atom stereocenters. The van der Waals surface area contributed by atoms with Crippen LogP contribution >= 0.6 is 15.9 Å². The smallest absolute Gasteiger partial charge is 0.256 e. The van der Waals surface area contributed by atoms with E-state index in [4.69, 9.17) is 5.73 Å². The number of nitrogens with two attached hydrogens (primary N) is 1. The Balaban J connectivity index is 2.20. The third kappa shape index (κ3) is 2.47. The zero-order chi connectivity index (χ0) is 12.4. The molecule has 0 aliphatic rings. The summed E-state index contributed by atoms with van der Waals surface area (Å²) in [4.78, 5) is 11.9. The molecule has 0 bridgehead atoms. The fourth-order valence-electron chi connectivity index (χ4n) is 1.37. The van der Waals surface area contributed by atoms with Gasteiger partial charge in [-0.05, 0) is 34.1 Å². The maximum atomic E-state index is 11.9. The first-order valence-corrected chi connectivity index (χ1v) is 5.71. The quantitative estimate of drug-likeness (QED) is 0.832. The second-order valence-corrected chi connectivity index (χ2v) is 4.38. The van der Waals surface area contributed by atoms with Crippen molar-refractivity contribution in [1.82, 2.24) is 9.78 Å². The van der Waals surface area contributed by atoms with E-state index in [1.165, 1.54) is 0 Å². The number of nitrogens with one attached hydrogen (secondary N) is 1. The van der Waals surface area contributed by atoms with Crippen LogP contribution in [0.1, 0.15) is 10.4 Å². The van der Waals surface area contributed by atoms with Gasteiger partial charge in [-0.3, -0.25) is 9.48 Å². The van der Waals surface area contributed by atoms with Gasteiger partial charge in [-0.2, -0.15) is 5.10 Å². The number of rotatable bonds is 2. The normalized spacial score (nSPS) is 10.2. The Hall–Kier alpha value is -1.82. The lowest BCUT2D eigenvalue weighted by Crippen LogP contribution is -2.14. The predicted molar refractivity (Wildman–Crippen MR) is 69.7 cm³/mol. The van der Waals surface area contributed by atoms with Gasteiger partial charge in [0.05, 0.1) is 6.20 Å². The summed E-state index contributed by atoms with van der Waals surface area (Å²) in [5.74, 6) is 0.421. The van der Waals surface area contributed by atoms with Crippen LogP contribution in [0.3, 0.4) is 0 Å². The average Bonchev–Trinajstić information content (AvgIpc) is 2.68. The first-order chi connectivity index (χ1) is 8.08. The van der Waals surface area contributed by atoms with Crippen molar-refractivity contribution in [2.45, 2.75) is 0 Å². The number of hydrogen-bond donors (Lipinski definition) is 2. The van der Waals surface area contributed by atoms with Crippen LogP contribution in [0.25, 0.3) is 0 Å². The van der Waals surface area contributed by atoms with Crippen LogP contribution in [0.5, 0.6) is 0 Å². The molecule has 2 rings (SSSR count). The highest BCUT2D eigenvalue weighted by atomic mass is 79.9. The van der Waals surface area contributed by atoms with Crippen LogP contribution < -0.4 is 11.1 Å². The molecule has 1 aromatic heterocycles. The van der Waals surface area contributed by atoms with E-state index in [1.54, 1.807) is 42.2 Å². The van der Waals surface area contributed by atoms with Crippen LogP contribution in [-0.2, 0) is 7.05 Å². The van der Waals surface area contributed by atoms with Crippen molar-refractivity contribution in [1.29, 1.82) is 0 Å². The van der Waals surface area contributed by atoms with E-state index in [2.05, 4.69) is 26.3 Å². The number of carbonyl (C=O) groups excluding carboxylic acids is 1. The number of anilines is 2. The number of nitrogens with zero attached hydrogens (tertiary/aromatic N) is 2. The van der Waals surface area contributed by atoms with E-state index >= 15 is 0 Å². The van der Waals surface area contributed by atoms with Gasteiger partial charge in [0.15, 0.2) is 0 Å². The zero-order valence-electron chi connectivity index (χ0n) is 9.14. The lowest BCUT2D eigenvalue weighted by atomic mass is 10.2. The number of amides is 1. The van der Waals surface area contributed by atoms with E-state index in [0.29, 0.717) is 17.1 Å². The van der Waals surface area contributed by atoms with E-state index in [9.17, 15) is 4.79 Å². The predicted octanol–water partition coefficient (Wildman–Crippen LogP) is 2.02. The number of nitrogen functional groups attached to an aromatic ring is 1. The maximum absolute atomic E-state index is 11.9. The summed E-state index contributed by atoms with van der Waals surface area (Å²) in [6.07, 6.45) is 1.62. The first-order valence-electron chi connectivity index (χ1n) is 4.92. The van der Waals surface area contributed by atoms with Gasteiger partial charge in [0.1, 0.15) is 5.82 Å². The van der Waals surface area contributed by atoms with E-state index < -0.39 is 0 Å². The van der Waals surface area contributed by atoms with Crippen molar-refractivity contribution in [3.8, 4) is 0 Å². The molecular formula is C11H11BrN4O. The van der Waals surface area contributed by atoms with Crippen LogP contribution in [0, 0.1) is 0 Å². The van der Waals surface area contributed by atoms with Crippen LogP contribution in [-0.4, -0.2) is 15.7 Å². The summed E-state index contributed by atoms with van der Waals surface area (Å²) in [5.41, 5.74) is 6.75. The number of hydrogen-bond acceptors (Lipinski definition) is 3. The van der Waals surface area contributed by atoms with E-state index in [-0.39, 0.29) is 5.91 Å². The van der Waals surface area contributed by atoms with Gasteiger partial charge in [-0.25, -0.2) is 0 Å². The van der Waals surface area contributed by atoms with Gasteiger partial charge < -0.3 is 11.1 Å². The molecule has 0 fully saturated rings. The molecule has 1 aromatic carbocycles. The molecule has 0 unspecified atom stereocenters. The number of benzene rings is 1. The molecule has 0 radical (unpaired) electrons. The highest BCUT2D eigenvalue weighted by Gasteiger charge is 2.09. The molecule has 3 N–H and O–H groups in total. The molecule has 0 saturated carbocycles. The van der Waals surface area contributed by atoms with Crippen molar-refractivity contribution >= 4 is 33.3 Å². The summed E-state index contributed by atoms with van der Waals surface area (Å²) in [6.45, 7) is 0. The number of halogens is 1. The van der Waals surface area contributed by atoms with Gasteiger partial charge in [0.2, 0.25) is 0 Å². The third-order valence-corrected chi connectivity index (χ3v) is 3.04. The Bertz CT molecular complexity index is 564. The van der Waals surface area contributed by atoms with Gasteiger partial charge in [-0.1, -0.05) is 0 Å². The minimum Gasteiger partial charge on any atom is -0.398 e. The molecule has 17 heavy (non-hydrogen) atoms. The Morgan fingerprint density at radius 2 is 2.24 bits per heavy atom. The molecule has 0 aliphatic heterocycles. The van der Waals surface area contributed by atoms with Crippen molar-refractivity contribution in [3.05, 3.63) is 40.5 Å². The summed E-state index contributed by atoms with van der Waals surface area (Å²) >= 11 is 3.28. The Morgan fingerprint density at radius 1 is 1.47 bits per heavy atom. The topological polar surface area (TPSA) is 72.9 Å². The highest BCUT2D eigenvalue weighted by Crippen LogP contribution is 2.20. The summed E-state index contributed by atoms with van der Waals surface area (Å²) in [7, 11) is 1.76. The largest absolute Gasteiger partial charge is 0.398 e. The molecule has 88 valence electrons. The fraction of sp³-hybridized carbons (Fsp3) is 0.0909. The monoisotopic (exact) mass is 294 g/mol. The van der Waals surface area contributed by atoms with Crippen LogP contribution in [0.4, 0.5) is 11.5 Å². The molecular weight excluding hydrogens is 284 g/mol. The van der Waals surface area contributed by atoms with Crippen LogP contribution in [0.2, 0.25) is 0 Å². The van der Waals surface area contributed by atoms with Gasteiger partial charge in [-0.15, -0.1) is 0 Å². The SMILES string of the molecule is Cn1nccc1NC(=O)c1ccc(Br)c(N)c1.